The molecular formula is C16H20N4O3. The van der Waals surface area contributed by atoms with Gasteiger partial charge in [0.15, 0.2) is 0 Å². The SMILES string of the molecule is N#Cc1ccc(NC2CCN(C3CCOC3)CC2)c([N+](=O)[O-])c1. The number of nitro groups is 1. The maximum atomic E-state index is 11.2. The lowest BCUT2D eigenvalue weighted by Gasteiger charge is -2.35. The normalized spacial score (nSPS) is 22.7. The summed E-state index contributed by atoms with van der Waals surface area (Å²) >= 11 is 0. The van der Waals surface area contributed by atoms with Crippen LogP contribution in [0.4, 0.5) is 11.4 Å². The van der Waals surface area contributed by atoms with Crippen LogP contribution < -0.4 is 5.32 Å². The first-order valence-electron chi connectivity index (χ1n) is 7.94. The quantitative estimate of drug-likeness (QED) is 0.676. The van der Waals surface area contributed by atoms with Crippen LogP contribution >= 0.6 is 0 Å². The van der Waals surface area contributed by atoms with E-state index < -0.39 is 4.92 Å². The molecule has 0 radical (unpaired) electrons. The Hall–Kier alpha value is -2.17. The number of anilines is 1. The number of nitrogens with zero attached hydrogens (tertiary/aromatic N) is 3. The summed E-state index contributed by atoms with van der Waals surface area (Å²) in [7, 11) is 0. The van der Waals surface area contributed by atoms with E-state index in [1.807, 2.05) is 6.07 Å². The van der Waals surface area contributed by atoms with Crippen LogP contribution in [0.3, 0.4) is 0 Å². The van der Waals surface area contributed by atoms with Crippen molar-refractivity contribution in [3.63, 3.8) is 0 Å². The summed E-state index contributed by atoms with van der Waals surface area (Å²) in [6, 6.07) is 7.26. The Kier molecular flexibility index (Phi) is 4.74. The van der Waals surface area contributed by atoms with Crippen molar-refractivity contribution >= 4 is 11.4 Å². The van der Waals surface area contributed by atoms with E-state index in [-0.39, 0.29) is 11.7 Å². The Morgan fingerprint density at radius 2 is 2.13 bits per heavy atom. The lowest BCUT2D eigenvalue weighted by Crippen LogP contribution is -2.44. The van der Waals surface area contributed by atoms with E-state index in [0.29, 0.717) is 17.3 Å². The molecule has 1 aromatic carbocycles. The topological polar surface area (TPSA) is 91.4 Å². The van der Waals surface area contributed by atoms with Crippen molar-refractivity contribution in [3.05, 3.63) is 33.9 Å². The molecule has 0 aliphatic carbocycles. The number of rotatable bonds is 4. The van der Waals surface area contributed by atoms with E-state index >= 15 is 0 Å². The van der Waals surface area contributed by atoms with Crippen molar-refractivity contribution in [2.75, 3.05) is 31.6 Å². The molecule has 3 rings (SSSR count). The van der Waals surface area contributed by atoms with E-state index in [2.05, 4.69) is 10.2 Å². The summed E-state index contributed by atoms with van der Waals surface area (Å²) in [4.78, 5) is 13.2. The zero-order valence-corrected chi connectivity index (χ0v) is 12.9. The number of hydrogen-bond acceptors (Lipinski definition) is 6. The molecule has 2 heterocycles. The van der Waals surface area contributed by atoms with E-state index in [4.69, 9.17) is 10.00 Å². The molecule has 0 spiro atoms. The van der Waals surface area contributed by atoms with Gasteiger partial charge in [0.25, 0.3) is 5.69 Å². The van der Waals surface area contributed by atoms with Crippen LogP contribution in [0, 0.1) is 21.4 Å². The molecule has 0 saturated carbocycles. The van der Waals surface area contributed by atoms with Crippen molar-refractivity contribution in [3.8, 4) is 6.07 Å². The van der Waals surface area contributed by atoms with E-state index in [9.17, 15) is 10.1 Å². The minimum absolute atomic E-state index is 0.0318. The number of nitrogens with one attached hydrogen (secondary N) is 1. The van der Waals surface area contributed by atoms with Gasteiger partial charge in [-0.3, -0.25) is 15.0 Å². The van der Waals surface area contributed by atoms with Gasteiger partial charge in [0, 0.05) is 37.8 Å². The summed E-state index contributed by atoms with van der Waals surface area (Å²) in [5.74, 6) is 0. The molecule has 0 bridgehead atoms. The second-order valence-corrected chi connectivity index (χ2v) is 6.07. The first-order chi connectivity index (χ1) is 11.2. The predicted octanol–water partition coefficient (Wildman–Crippen LogP) is 2.13. The summed E-state index contributed by atoms with van der Waals surface area (Å²) < 4.78 is 5.44. The largest absolute Gasteiger partial charge is 0.380 e. The zero-order chi connectivity index (χ0) is 16.2. The molecule has 0 aromatic heterocycles. The fourth-order valence-corrected chi connectivity index (χ4v) is 3.31. The van der Waals surface area contributed by atoms with Gasteiger partial charge < -0.3 is 10.1 Å². The molecule has 7 nitrogen and oxygen atoms in total. The van der Waals surface area contributed by atoms with Gasteiger partial charge in [0.1, 0.15) is 5.69 Å². The van der Waals surface area contributed by atoms with Crippen molar-refractivity contribution < 1.29 is 9.66 Å². The third-order valence-corrected chi connectivity index (χ3v) is 4.63. The molecule has 7 heteroatoms. The Labute approximate surface area is 135 Å². The number of hydrogen-bond donors (Lipinski definition) is 1. The van der Waals surface area contributed by atoms with Gasteiger partial charge in [-0.25, -0.2) is 0 Å². The number of nitriles is 1. The van der Waals surface area contributed by atoms with E-state index in [1.165, 1.54) is 6.07 Å². The lowest BCUT2D eigenvalue weighted by molar-refractivity contribution is -0.384. The highest BCUT2D eigenvalue weighted by atomic mass is 16.6. The van der Waals surface area contributed by atoms with Gasteiger partial charge in [-0.2, -0.15) is 5.26 Å². The van der Waals surface area contributed by atoms with Crippen molar-refractivity contribution in [2.24, 2.45) is 0 Å². The van der Waals surface area contributed by atoms with Gasteiger partial charge in [-0.15, -0.1) is 0 Å². The fourth-order valence-electron chi connectivity index (χ4n) is 3.31. The molecule has 2 aliphatic rings. The molecule has 0 amide bonds. The maximum Gasteiger partial charge on any atom is 0.293 e. The van der Waals surface area contributed by atoms with E-state index in [1.54, 1.807) is 12.1 Å². The molecule has 2 saturated heterocycles. The molecule has 1 N–H and O–H groups in total. The maximum absolute atomic E-state index is 11.2. The predicted molar refractivity (Wildman–Crippen MR) is 85.3 cm³/mol. The molecular weight excluding hydrogens is 296 g/mol. The number of ether oxygens (including phenoxy) is 1. The fraction of sp³-hybridized carbons (Fsp3) is 0.562. The molecule has 2 fully saturated rings. The van der Waals surface area contributed by atoms with Crippen molar-refractivity contribution in [1.29, 1.82) is 5.26 Å². The highest BCUT2D eigenvalue weighted by Gasteiger charge is 2.28. The van der Waals surface area contributed by atoms with Gasteiger partial charge >= 0.3 is 0 Å². The Morgan fingerprint density at radius 3 is 2.74 bits per heavy atom. The van der Waals surface area contributed by atoms with Crippen LogP contribution in [0.15, 0.2) is 18.2 Å². The van der Waals surface area contributed by atoms with Crippen molar-refractivity contribution in [2.45, 2.75) is 31.3 Å². The van der Waals surface area contributed by atoms with Crippen LogP contribution in [-0.2, 0) is 4.74 Å². The summed E-state index contributed by atoms with van der Waals surface area (Å²) in [5.41, 5.74) is 0.769. The monoisotopic (exact) mass is 316 g/mol. The number of likely N-dealkylation sites (tertiary alicyclic amines) is 1. The summed E-state index contributed by atoms with van der Waals surface area (Å²) in [5, 5.41) is 23.4. The van der Waals surface area contributed by atoms with Crippen LogP contribution in [0.2, 0.25) is 0 Å². The highest BCUT2D eigenvalue weighted by molar-refractivity contribution is 5.64. The minimum atomic E-state index is -0.436. The molecule has 2 aliphatic heterocycles. The second-order valence-electron chi connectivity index (χ2n) is 6.07. The number of benzene rings is 1. The minimum Gasteiger partial charge on any atom is -0.380 e. The average Bonchev–Trinajstić information content (AvgIpc) is 3.10. The smallest absolute Gasteiger partial charge is 0.293 e. The van der Waals surface area contributed by atoms with Crippen LogP contribution in [0.5, 0.6) is 0 Å². The third-order valence-electron chi connectivity index (χ3n) is 4.63. The van der Waals surface area contributed by atoms with Gasteiger partial charge in [-0.1, -0.05) is 0 Å². The Bertz CT molecular complexity index is 614. The molecule has 1 unspecified atom stereocenters. The van der Waals surface area contributed by atoms with Crippen LogP contribution in [0.25, 0.3) is 0 Å². The van der Waals surface area contributed by atoms with Crippen LogP contribution in [-0.4, -0.2) is 48.2 Å². The molecule has 23 heavy (non-hydrogen) atoms. The Balaban J connectivity index is 1.62. The molecule has 122 valence electrons. The second kappa shape index (κ2) is 6.94. The first kappa shape index (κ1) is 15.7. The zero-order valence-electron chi connectivity index (χ0n) is 12.9. The average molecular weight is 316 g/mol. The summed E-state index contributed by atoms with van der Waals surface area (Å²) in [6.07, 6.45) is 3.00. The summed E-state index contributed by atoms with van der Waals surface area (Å²) in [6.45, 7) is 3.63. The lowest BCUT2D eigenvalue weighted by atomic mass is 10.0. The molecule has 1 atom stereocenters. The highest BCUT2D eigenvalue weighted by Crippen LogP contribution is 2.28. The number of piperidine rings is 1. The van der Waals surface area contributed by atoms with Crippen molar-refractivity contribution in [1.82, 2.24) is 4.90 Å². The third kappa shape index (κ3) is 3.60. The standard InChI is InChI=1S/C16H20N4O3/c17-10-12-1-2-15(16(9-12)20(21)22)18-13-3-6-19(7-4-13)14-5-8-23-11-14/h1-2,9,13-14,18H,3-8,11H2. The van der Waals surface area contributed by atoms with Gasteiger partial charge in [-0.05, 0) is 31.4 Å². The van der Waals surface area contributed by atoms with Crippen LogP contribution in [0.1, 0.15) is 24.8 Å². The Morgan fingerprint density at radius 1 is 1.35 bits per heavy atom. The number of nitro benzene ring substituents is 1. The molecule has 1 aromatic rings. The van der Waals surface area contributed by atoms with Gasteiger partial charge in [0.05, 0.1) is 23.2 Å². The van der Waals surface area contributed by atoms with Gasteiger partial charge in [0.2, 0.25) is 0 Å². The first-order valence-corrected chi connectivity index (χ1v) is 7.94. The van der Waals surface area contributed by atoms with E-state index in [0.717, 1.165) is 45.6 Å².